The molecule has 150 valence electrons. The first kappa shape index (κ1) is 21.9. The van der Waals surface area contributed by atoms with Crippen molar-refractivity contribution in [2.75, 3.05) is 13.1 Å². The summed E-state index contributed by atoms with van der Waals surface area (Å²) in [5, 5.41) is 5.99. The second kappa shape index (κ2) is 7.93. The summed E-state index contributed by atoms with van der Waals surface area (Å²) < 4.78 is 39.1. The van der Waals surface area contributed by atoms with E-state index in [-0.39, 0.29) is 36.6 Å². The van der Waals surface area contributed by atoms with Crippen molar-refractivity contribution in [2.45, 2.75) is 49.7 Å². The molecule has 4 rings (SSSR count). The van der Waals surface area contributed by atoms with Crippen LogP contribution in [0.1, 0.15) is 55.0 Å². The molecule has 0 radical (unpaired) electrons. The van der Waals surface area contributed by atoms with Crippen molar-refractivity contribution in [1.82, 2.24) is 15.6 Å². The van der Waals surface area contributed by atoms with Gasteiger partial charge in [0.2, 0.25) is 0 Å². The highest BCUT2D eigenvalue weighted by Crippen LogP contribution is 2.40. The third-order valence-corrected chi connectivity index (χ3v) is 5.37. The molecule has 1 amide bonds. The minimum Gasteiger partial charge on any atom is -0.317 e. The van der Waals surface area contributed by atoms with E-state index in [1.54, 1.807) is 0 Å². The average Bonchev–Trinajstić information content (AvgIpc) is 2.82. The molecule has 1 aliphatic carbocycles. The number of pyridine rings is 1. The van der Waals surface area contributed by atoms with Crippen LogP contribution in [0.4, 0.5) is 13.2 Å². The van der Waals surface area contributed by atoms with Crippen LogP contribution in [0, 0.1) is 0 Å². The number of aromatic nitrogens is 1. The van der Waals surface area contributed by atoms with Crippen LogP contribution in [0.2, 0.25) is 0 Å². The summed E-state index contributed by atoms with van der Waals surface area (Å²) in [4.78, 5) is 21.0. The van der Waals surface area contributed by atoms with Gasteiger partial charge in [0, 0.05) is 11.5 Å². The lowest BCUT2D eigenvalue weighted by Crippen LogP contribution is -2.47. The number of amides is 1. The van der Waals surface area contributed by atoms with Crippen molar-refractivity contribution < 1.29 is 18.0 Å². The van der Waals surface area contributed by atoms with Gasteiger partial charge in [0.1, 0.15) is 17.1 Å². The molecule has 3 heterocycles. The summed E-state index contributed by atoms with van der Waals surface area (Å²) in [5.41, 5.74) is -0.743. The minimum atomic E-state index is -4.48. The second-order valence-corrected chi connectivity index (χ2v) is 6.95. The molecule has 2 N–H and O–H groups in total. The van der Waals surface area contributed by atoms with Crippen LogP contribution in [-0.4, -0.2) is 35.4 Å². The van der Waals surface area contributed by atoms with E-state index in [9.17, 15) is 18.0 Å². The predicted molar refractivity (Wildman–Crippen MR) is 99.8 cm³/mol. The van der Waals surface area contributed by atoms with Crippen molar-refractivity contribution >= 4 is 36.6 Å². The Labute approximate surface area is 167 Å². The molecular weight excluding hydrogens is 404 g/mol. The first-order valence-electron chi connectivity index (χ1n) is 8.60. The zero-order chi connectivity index (χ0) is 17.7. The molecule has 1 aromatic rings. The van der Waals surface area contributed by atoms with E-state index < -0.39 is 17.4 Å². The largest absolute Gasteiger partial charge is 0.433 e. The fourth-order valence-corrected chi connectivity index (χ4v) is 3.65. The molecule has 1 saturated heterocycles. The van der Waals surface area contributed by atoms with Crippen LogP contribution in [0.15, 0.2) is 17.1 Å². The average molecular weight is 425 g/mol. The lowest BCUT2D eigenvalue weighted by atomic mass is 9.80. The lowest BCUT2D eigenvalue weighted by Gasteiger charge is -2.28. The summed E-state index contributed by atoms with van der Waals surface area (Å²) in [5.74, 6) is 0.208. The number of nitrogens with zero attached hydrogens (tertiary/aromatic N) is 2. The van der Waals surface area contributed by atoms with E-state index in [2.05, 4.69) is 20.6 Å². The smallest absolute Gasteiger partial charge is 0.317 e. The number of carbonyl (C=O) groups is 1. The predicted octanol–water partition coefficient (Wildman–Crippen LogP) is 3.21. The highest BCUT2D eigenvalue weighted by Gasteiger charge is 2.45. The van der Waals surface area contributed by atoms with Gasteiger partial charge in [-0.05, 0) is 50.9 Å². The molecule has 0 aromatic carbocycles. The summed E-state index contributed by atoms with van der Waals surface area (Å²) in [6, 6.07) is 2.38. The van der Waals surface area contributed by atoms with Crippen molar-refractivity contribution in [3.8, 4) is 0 Å². The molecule has 5 nitrogen and oxygen atoms in total. The Morgan fingerprint density at radius 3 is 2.33 bits per heavy atom. The zero-order valence-electron chi connectivity index (χ0n) is 14.4. The van der Waals surface area contributed by atoms with Crippen molar-refractivity contribution in [2.24, 2.45) is 4.99 Å². The van der Waals surface area contributed by atoms with Gasteiger partial charge in [0.05, 0.1) is 5.69 Å². The van der Waals surface area contributed by atoms with Crippen LogP contribution in [-0.2, 0) is 11.0 Å². The number of carbonyl (C=O) groups excluding carboxylic acids is 1. The Hall–Kier alpha value is -1.38. The van der Waals surface area contributed by atoms with Gasteiger partial charge in [0.15, 0.2) is 0 Å². The monoisotopic (exact) mass is 424 g/mol. The maximum Gasteiger partial charge on any atom is 0.433 e. The van der Waals surface area contributed by atoms with Gasteiger partial charge < -0.3 is 10.6 Å². The maximum atomic E-state index is 13.0. The van der Waals surface area contributed by atoms with Gasteiger partial charge in [-0.25, -0.2) is 4.98 Å². The number of piperidine rings is 1. The van der Waals surface area contributed by atoms with Crippen LogP contribution < -0.4 is 10.6 Å². The van der Waals surface area contributed by atoms with Gasteiger partial charge in [-0.3, -0.25) is 9.79 Å². The Kier molecular flexibility index (Phi) is 6.44. The summed E-state index contributed by atoms with van der Waals surface area (Å²) in [6.07, 6.45) is -0.677. The van der Waals surface area contributed by atoms with Crippen molar-refractivity contribution in [3.05, 3.63) is 29.1 Å². The van der Waals surface area contributed by atoms with Crippen LogP contribution in [0.3, 0.4) is 0 Å². The third kappa shape index (κ3) is 3.93. The Morgan fingerprint density at radius 2 is 1.78 bits per heavy atom. The molecule has 2 aliphatic heterocycles. The zero-order valence-corrected chi connectivity index (χ0v) is 16.1. The normalized spacial score (nSPS) is 21.6. The number of alkyl halides is 3. The SMILES string of the molecule is Cl.Cl.O=C1NC(c2ccc(C(F)(F)F)nc2C2CCC2)=NC12CCNCC2. The Morgan fingerprint density at radius 1 is 1.11 bits per heavy atom. The number of hydrogen-bond acceptors (Lipinski definition) is 4. The summed E-state index contributed by atoms with van der Waals surface area (Å²) in [7, 11) is 0. The number of hydrogen-bond donors (Lipinski definition) is 2. The van der Waals surface area contributed by atoms with Crippen LogP contribution in [0.25, 0.3) is 0 Å². The van der Waals surface area contributed by atoms with Gasteiger partial charge in [-0.15, -0.1) is 24.8 Å². The van der Waals surface area contributed by atoms with Gasteiger partial charge >= 0.3 is 6.18 Å². The molecule has 2 fully saturated rings. The number of halogens is 5. The van der Waals surface area contributed by atoms with E-state index >= 15 is 0 Å². The van der Waals surface area contributed by atoms with Crippen molar-refractivity contribution in [1.29, 1.82) is 0 Å². The number of aliphatic imine (C=N–C) groups is 1. The summed E-state index contributed by atoms with van der Waals surface area (Å²) in [6.45, 7) is 1.40. The van der Waals surface area contributed by atoms with Gasteiger partial charge in [-0.2, -0.15) is 13.2 Å². The first-order valence-corrected chi connectivity index (χ1v) is 8.60. The van der Waals surface area contributed by atoms with Crippen molar-refractivity contribution in [3.63, 3.8) is 0 Å². The molecule has 10 heteroatoms. The fraction of sp³-hybridized carbons (Fsp3) is 0.588. The minimum absolute atomic E-state index is 0. The molecule has 1 spiro atoms. The highest BCUT2D eigenvalue weighted by atomic mass is 35.5. The molecule has 0 bridgehead atoms. The van der Waals surface area contributed by atoms with E-state index in [1.807, 2.05) is 0 Å². The molecule has 3 aliphatic rings. The topological polar surface area (TPSA) is 66.4 Å². The lowest BCUT2D eigenvalue weighted by molar-refractivity contribution is -0.141. The maximum absolute atomic E-state index is 13.0. The molecule has 0 unspecified atom stereocenters. The molecule has 1 aromatic heterocycles. The third-order valence-electron chi connectivity index (χ3n) is 5.37. The molecule has 1 saturated carbocycles. The fourth-order valence-electron chi connectivity index (χ4n) is 3.65. The first-order chi connectivity index (χ1) is 11.9. The van der Waals surface area contributed by atoms with E-state index in [4.69, 9.17) is 0 Å². The van der Waals surface area contributed by atoms with E-state index in [0.717, 1.165) is 25.3 Å². The molecule has 0 atom stereocenters. The van der Waals surface area contributed by atoms with Gasteiger partial charge in [0.25, 0.3) is 5.91 Å². The van der Waals surface area contributed by atoms with Crippen LogP contribution in [0.5, 0.6) is 0 Å². The number of rotatable bonds is 2. The molecule has 27 heavy (non-hydrogen) atoms. The second-order valence-electron chi connectivity index (χ2n) is 6.95. The van der Waals surface area contributed by atoms with Crippen LogP contribution >= 0.6 is 24.8 Å². The van der Waals surface area contributed by atoms with Gasteiger partial charge in [-0.1, -0.05) is 6.42 Å². The Balaban J connectivity index is 0.00000131. The van der Waals surface area contributed by atoms with E-state index in [0.29, 0.717) is 43.0 Å². The number of amidine groups is 1. The standard InChI is InChI=1S/C17H19F3N4O.2ClH/c18-17(19,20)12-5-4-11(13(22-12)10-2-1-3-10)14-23-15(25)16(24-14)6-8-21-9-7-16;;/h4-5,10,21H,1-3,6-9H2,(H,23,24,25);2*1H. The molecular formula is C17H21Cl2F3N4O. The number of nitrogens with one attached hydrogen (secondary N) is 2. The summed E-state index contributed by atoms with van der Waals surface area (Å²) >= 11 is 0. The Bertz CT molecular complexity index is 744. The quantitative estimate of drug-likeness (QED) is 0.765. The van der Waals surface area contributed by atoms with E-state index in [1.165, 1.54) is 6.07 Å². The highest BCUT2D eigenvalue weighted by molar-refractivity contribution is 6.15.